The number of fused-ring (bicyclic) bond motifs is 1. The molecule has 2 aromatic carbocycles. The largest absolute Gasteiger partial charge is 0.486 e. The fourth-order valence-electron chi connectivity index (χ4n) is 2.60. The summed E-state index contributed by atoms with van der Waals surface area (Å²) in [5.74, 6) is 7.41. The Balaban J connectivity index is 1.29. The molecule has 1 aliphatic rings. The average Bonchev–Trinajstić information content (AvgIpc) is 3.12. The number of benzene rings is 2. The van der Waals surface area contributed by atoms with E-state index in [0.29, 0.717) is 35.6 Å². The third-order valence-corrected chi connectivity index (χ3v) is 4.94. The van der Waals surface area contributed by atoms with E-state index in [1.165, 1.54) is 4.68 Å². The molecule has 0 unspecified atom stereocenters. The van der Waals surface area contributed by atoms with Crippen molar-refractivity contribution in [3.05, 3.63) is 54.1 Å². The zero-order valence-corrected chi connectivity index (χ0v) is 16.6. The van der Waals surface area contributed by atoms with Gasteiger partial charge in [-0.05, 0) is 17.7 Å². The number of aromatic nitrogens is 3. The number of thioether (sulfide) groups is 1. The van der Waals surface area contributed by atoms with E-state index in [9.17, 15) is 4.79 Å². The third-order valence-electron chi connectivity index (χ3n) is 4.00. The summed E-state index contributed by atoms with van der Waals surface area (Å²) >= 11 is 1.16. The molecule has 0 radical (unpaired) electrons. The molecule has 30 heavy (non-hydrogen) atoms. The second kappa shape index (κ2) is 9.18. The monoisotopic (exact) mass is 425 g/mol. The molecule has 0 saturated heterocycles. The van der Waals surface area contributed by atoms with Crippen molar-refractivity contribution in [2.75, 3.05) is 35.6 Å². The highest BCUT2D eigenvalue weighted by Gasteiger charge is 2.14. The molecule has 1 aromatic heterocycles. The summed E-state index contributed by atoms with van der Waals surface area (Å²) in [6.45, 7) is 1.00. The maximum Gasteiger partial charge on any atom is 0.264 e. The van der Waals surface area contributed by atoms with Crippen LogP contribution in [0.4, 0.5) is 11.6 Å². The summed E-state index contributed by atoms with van der Waals surface area (Å²) in [5.41, 5.74) is 4.28. The third kappa shape index (κ3) is 4.81. The number of nitrogens with zero attached hydrogens (tertiary/aromatic N) is 4. The van der Waals surface area contributed by atoms with Gasteiger partial charge in [0.05, 0.1) is 12.0 Å². The lowest BCUT2D eigenvalue weighted by atomic mass is 10.2. The van der Waals surface area contributed by atoms with Gasteiger partial charge < -0.3 is 20.6 Å². The first kappa shape index (κ1) is 19.6. The topological polar surface area (TPSA) is 129 Å². The van der Waals surface area contributed by atoms with Gasteiger partial charge in [0.1, 0.15) is 13.2 Å². The number of hydrogen-bond donors (Lipinski definition) is 3. The summed E-state index contributed by atoms with van der Waals surface area (Å²) < 4.78 is 12.2. The lowest BCUT2D eigenvalue weighted by Crippen LogP contribution is -2.18. The molecule has 0 aliphatic carbocycles. The number of rotatable bonds is 7. The fraction of sp³-hybridized carbons (Fsp3) is 0.158. The van der Waals surface area contributed by atoms with Crippen molar-refractivity contribution < 1.29 is 14.3 Å². The van der Waals surface area contributed by atoms with Gasteiger partial charge in [-0.1, -0.05) is 42.1 Å². The SMILES string of the molecule is Nn1c(N/N=C/c2ccccc2)nnc1SCC(=O)Nc1ccc2c(c1)OCCO2. The number of carbonyl (C=O) groups is 1. The Labute approximate surface area is 176 Å². The quantitative estimate of drug-likeness (QED) is 0.227. The number of anilines is 2. The average molecular weight is 425 g/mol. The van der Waals surface area contributed by atoms with Crippen LogP contribution in [0.3, 0.4) is 0 Å². The van der Waals surface area contributed by atoms with E-state index in [0.717, 1.165) is 17.3 Å². The number of carbonyl (C=O) groups excluding carboxylic acids is 1. The second-order valence-corrected chi connectivity index (χ2v) is 7.09. The highest BCUT2D eigenvalue weighted by molar-refractivity contribution is 7.99. The lowest BCUT2D eigenvalue weighted by Gasteiger charge is -2.18. The van der Waals surface area contributed by atoms with Crippen LogP contribution >= 0.6 is 11.8 Å². The zero-order chi connectivity index (χ0) is 20.8. The molecule has 1 aliphatic heterocycles. The molecule has 2 heterocycles. The molecule has 0 atom stereocenters. The van der Waals surface area contributed by atoms with E-state index in [4.69, 9.17) is 15.3 Å². The van der Waals surface area contributed by atoms with Crippen LogP contribution in [0.25, 0.3) is 0 Å². The maximum absolute atomic E-state index is 12.3. The molecule has 10 nitrogen and oxygen atoms in total. The number of ether oxygens (including phenoxy) is 2. The van der Waals surface area contributed by atoms with Gasteiger partial charge in [0, 0.05) is 11.8 Å². The maximum atomic E-state index is 12.3. The minimum Gasteiger partial charge on any atom is -0.486 e. The van der Waals surface area contributed by atoms with Crippen molar-refractivity contribution >= 4 is 35.5 Å². The molecule has 4 rings (SSSR count). The Hall–Kier alpha value is -3.73. The Bertz CT molecular complexity index is 1060. The minimum absolute atomic E-state index is 0.108. The molecule has 0 bridgehead atoms. The van der Waals surface area contributed by atoms with E-state index in [1.54, 1.807) is 24.4 Å². The first-order chi connectivity index (χ1) is 14.7. The van der Waals surface area contributed by atoms with Crippen LogP contribution in [-0.2, 0) is 4.79 Å². The minimum atomic E-state index is -0.212. The number of hydrogen-bond acceptors (Lipinski definition) is 9. The van der Waals surface area contributed by atoms with E-state index in [-0.39, 0.29) is 17.6 Å². The summed E-state index contributed by atoms with van der Waals surface area (Å²) in [4.78, 5) is 12.3. The summed E-state index contributed by atoms with van der Waals surface area (Å²) in [7, 11) is 0. The zero-order valence-electron chi connectivity index (χ0n) is 15.8. The van der Waals surface area contributed by atoms with Crippen LogP contribution in [-0.4, -0.2) is 46.0 Å². The molecule has 0 saturated carbocycles. The van der Waals surface area contributed by atoms with Crippen molar-refractivity contribution in [1.29, 1.82) is 0 Å². The van der Waals surface area contributed by atoms with Crippen molar-refractivity contribution in [2.24, 2.45) is 5.10 Å². The van der Waals surface area contributed by atoms with Crippen LogP contribution in [0.5, 0.6) is 11.5 Å². The van der Waals surface area contributed by atoms with E-state index in [1.807, 2.05) is 30.3 Å². The standard InChI is InChI=1S/C19H19N7O3S/c20-26-18(23-21-11-13-4-2-1-3-5-13)24-25-19(26)30-12-17(27)22-14-6-7-15-16(10-14)29-9-8-28-15/h1-7,10-11H,8-9,12,20H2,(H,22,27)(H,23,24)/b21-11+. The van der Waals surface area contributed by atoms with Gasteiger partial charge in [-0.25, -0.2) is 10.1 Å². The molecular formula is C19H19N7O3S. The Morgan fingerprint density at radius 2 is 1.97 bits per heavy atom. The van der Waals surface area contributed by atoms with Crippen molar-refractivity contribution in [3.63, 3.8) is 0 Å². The van der Waals surface area contributed by atoms with Gasteiger partial charge in [-0.2, -0.15) is 5.10 Å². The number of amides is 1. The summed E-state index contributed by atoms with van der Waals surface area (Å²) in [6.07, 6.45) is 1.64. The highest BCUT2D eigenvalue weighted by Crippen LogP contribution is 2.32. The normalized spacial score (nSPS) is 12.7. The molecule has 0 spiro atoms. The Morgan fingerprint density at radius 3 is 2.80 bits per heavy atom. The first-order valence-corrected chi connectivity index (χ1v) is 10.0. The van der Waals surface area contributed by atoms with Crippen molar-refractivity contribution in [2.45, 2.75) is 5.16 Å². The van der Waals surface area contributed by atoms with Crippen molar-refractivity contribution in [3.8, 4) is 11.5 Å². The predicted molar refractivity (Wildman–Crippen MR) is 115 cm³/mol. The second-order valence-electron chi connectivity index (χ2n) is 6.15. The number of nitrogen functional groups attached to an aromatic ring is 1. The first-order valence-electron chi connectivity index (χ1n) is 9.06. The van der Waals surface area contributed by atoms with Crippen molar-refractivity contribution in [1.82, 2.24) is 14.9 Å². The molecule has 11 heteroatoms. The molecular weight excluding hydrogens is 406 g/mol. The van der Waals surface area contributed by atoms with Crippen LogP contribution in [0.1, 0.15) is 5.56 Å². The number of nitrogens with two attached hydrogens (primary N) is 1. The van der Waals surface area contributed by atoms with Gasteiger partial charge in [0.2, 0.25) is 11.1 Å². The van der Waals surface area contributed by atoms with Gasteiger partial charge in [0.15, 0.2) is 11.5 Å². The van der Waals surface area contributed by atoms with Crippen LogP contribution in [0.2, 0.25) is 0 Å². The fourth-order valence-corrected chi connectivity index (χ4v) is 3.26. The number of hydrazone groups is 1. The Morgan fingerprint density at radius 1 is 1.17 bits per heavy atom. The van der Waals surface area contributed by atoms with Gasteiger partial charge >= 0.3 is 0 Å². The highest BCUT2D eigenvalue weighted by atomic mass is 32.2. The summed E-state index contributed by atoms with van der Waals surface area (Å²) in [5, 5.41) is 15.2. The van der Waals surface area contributed by atoms with Crippen LogP contribution in [0, 0.1) is 0 Å². The molecule has 3 aromatic rings. The molecule has 154 valence electrons. The van der Waals surface area contributed by atoms with E-state index < -0.39 is 0 Å². The smallest absolute Gasteiger partial charge is 0.264 e. The summed E-state index contributed by atoms with van der Waals surface area (Å²) in [6, 6.07) is 14.8. The molecule has 1 amide bonds. The number of nitrogens with one attached hydrogen (secondary N) is 2. The van der Waals surface area contributed by atoms with Crippen LogP contribution in [0.15, 0.2) is 58.8 Å². The predicted octanol–water partition coefficient (Wildman–Crippen LogP) is 1.94. The lowest BCUT2D eigenvalue weighted by molar-refractivity contribution is -0.113. The Kier molecular flexibility index (Phi) is 5.99. The van der Waals surface area contributed by atoms with Crippen LogP contribution < -0.4 is 26.1 Å². The van der Waals surface area contributed by atoms with E-state index in [2.05, 4.69) is 26.0 Å². The molecule has 4 N–H and O–H groups in total. The van der Waals surface area contributed by atoms with E-state index >= 15 is 0 Å². The van der Waals surface area contributed by atoms with Gasteiger partial charge in [0.25, 0.3) is 5.95 Å². The molecule has 0 fully saturated rings. The van der Waals surface area contributed by atoms with Gasteiger partial charge in [-0.3, -0.25) is 4.79 Å². The van der Waals surface area contributed by atoms with Gasteiger partial charge in [-0.15, -0.1) is 10.2 Å².